The number of nitrogens with zero attached hydrogens (tertiary/aromatic N) is 2. The van der Waals surface area contributed by atoms with Gasteiger partial charge in [0.2, 0.25) is 0 Å². The summed E-state index contributed by atoms with van der Waals surface area (Å²) in [4.78, 5) is 29.2. The molecule has 0 spiro atoms. The van der Waals surface area contributed by atoms with Gasteiger partial charge in [-0.25, -0.2) is 0 Å². The molecule has 0 bridgehead atoms. The SMILES string of the molecule is C=CCN1C(=O)/C(=C\c2cc3c(cc2C)N(C(C)C)C(C)(C)CC3C)C(=O)NC1=S. The molecule has 3 rings (SSSR count). The van der Waals surface area contributed by atoms with Crippen molar-refractivity contribution >= 4 is 40.9 Å². The zero-order chi connectivity index (χ0) is 22.4. The van der Waals surface area contributed by atoms with Gasteiger partial charge in [0.25, 0.3) is 11.8 Å². The number of anilines is 1. The van der Waals surface area contributed by atoms with Crippen LogP contribution in [-0.2, 0) is 9.59 Å². The Morgan fingerprint density at radius 3 is 2.60 bits per heavy atom. The van der Waals surface area contributed by atoms with Crippen LogP contribution in [-0.4, -0.2) is 40.0 Å². The molecule has 160 valence electrons. The molecule has 1 aromatic rings. The van der Waals surface area contributed by atoms with Crippen LogP contribution in [0.25, 0.3) is 6.08 Å². The van der Waals surface area contributed by atoms with Crippen LogP contribution in [0.1, 0.15) is 63.6 Å². The van der Waals surface area contributed by atoms with E-state index in [9.17, 15) is 9.59 Å². The Morgan fingerprint density at radius 1 is 1.33 bits per heavy atom. The van der Waals surface area contributed by atoms with Gasteiger partial charge < -0.3 is 4.90 Å². The standard InChI is InChI=1S/C24H31N3O2S/c1-8-9-26-22(29)19(21(28)25-23(26)30)12-17-11-18-16(5)13-24(6,7)27(14(2)3)20(18)10-15(17)4/h8,10-12,14,16H,1,9,13H2,2-7H3,(H,25,28,30)/b19-12-. The van der Waals surface area contributed by atoms with E-state index in [1.807, 2.05) is 6.92 Å². The average molecular weight is 426 g/mol. The molecule has 0 aliphatic carbocycles. The van der Waals surface area contributed by atoms with E-state index in [-0.39, 0.29) is 22.8 Å². The quantitative estimate of drug-likeness (QED) is 0.338. The van der Waals surface area contributed by atoms with Gasteiger partial charge in [0.05, 0.1) is 0 Å². The number of fused-ring (bicyclic) bond motifs is 1. The Balaban J connectivity index is 2.10. The molecular weight excluding hydrogens is 394 g/mol. The van der Waals surface area contributed by atoms with Gasteiger partial charge in [0, 0.05) is 23.8 Å². The van der Waals surface area contributed by atoms with Crippen LogP contribution in [0, 0.1) is 6.92 Å². The molecule has 2 aliphatic heterocycles. The minimum Gasteiger partial charge on any atom is -0.364 e. The maximum absolute atomic E-state index is 12.9. The summed E-state index contributed by atoms with van der Waals surface area (Å²) in [5.41, 5.74) is 4.56. The first kappa shape index (κ1) is 22.2. The van der Waals surface area contributed by atoms with Crippen LogP contribution < -0.4 is 10.2 Å². The Kier molecular flexibility index (Phi) is 5.92. The highest BCUT2D eigenvalue weighted by atomic mass is 32.1. The molecular formula is C24H31N3O2S. The third-order valence-electron chi connectivity index (χ3n) is 5.98. The number of thiocarbonyl (C=S) groups is 1. The Labute approximate surface area is 184 Å². The zero-order valence-corrected chi connectivity index (χ0v) is 19.5. The molecule has 2 heterocycles. The summed E-state index contributed by atoms with van der Waals surface area (Å²) in [5.74, 6) is -0.470. The minimum atomic E-state index is -0.458. The molecule has 1 unspecified atom stereocenters. The fourth-order valence-electron chi connectivity index (χ4n) is 4.89. The molecule has 0 saturated carbocycles. The highest BCUT2D eigenvalue weighted by Gasteiger charge is 2.38. The first-order valence-corrected chi connectivity index (χ1v) is 10.8. The van der Waals surface area contributed by atoms with E-state index in [0.717, 1.165) is 17.5 Å². The number of carbonyl (C=O) groups is 2. The van der Waals surface area contributed by atoms with E-state index in [1.165, 1.54) is 16.2 Å². The zero-order valence-electron chi connectivity index (χ0n) is 18.7. The van der Waals surface area contributed by atoms with E-state index in [2.05, 4.69) is 63.5 Å². The Hall–Kier alpha value is -2.47. The van der Waals surface area contributed by atoms with Crippen molar-refractivity contribution in [1.82, 2.24) is 10.2 Å². The summed E-state index contributed by atoms with van der Waals surface area (Å²) < 4.78 is 0. The number of benzene rings is 1. The number of amides is 2. The molecule has 0 radical (unpaired) electrons. The minimum absolute atomic E-state index is 0.0626. The fourth-order valence-corrected chi connectivity index (χ4v) is 5.14. The highest BCUT2D eigenvalue weighted by molar-refractivity contribution is 7.80. The first-order chi connectivity index (χ1) is 14.0. The monoisotopic (exact) mass is 425 g/mol. The van der Waals surface area contributed by atoms with Crippen molar-refractivity contribution in [1.29, 1.82) is 0 Å². The lowest BCUT2D eigenvalue weighted by atomic mass is 9.78. The number of rotatable bonds is 4. The summed E-state index contributed by atoms with van der Waals surface area (Å²) in [7, 11) is 0. The van der Waals surface area contributed by atoms with Crippen molar-refractivity contribution in [2.45, 2.75) is 65.5 Å². The number of hydrogen-bond donors (Lipinski definition) is 1. The smallest absolute Gasteiger partial charge is 0.265 e. The van der Waals surface area contributed by atoms with Gasteiger partial charge in [-0.15, -0.1) is 6.58 Å². The molecule has 1 N–H and O–H groups in total. The van der Waals surface area contributed by atoms with Crippen molar-refractivity contribution in [3.8, 4) is 0 Å². The number of nitrogens with one attached hydrogen (secondary N) is 1. The summed E-state index contributed by atoms with van der Waals surface area (Å²) in [6, 6.07) is 4.70. The average Bonchev–Trinajstić information content (AvgIpc) is 2.61. The summed E-state index contributed by atoms with van der Waals surface area (Å²) in [6.07, 6.45) is 4.32. The number of hydrogen-bond acceptors (Lipinski definition) is 4. The van der Waals surface area contributed by atoms with Crippen molar-refractivity contribution in [2.24, 2.45) is 0 Å². The third kappa shape index (κ3) is 3.81. The molecule has 2 aliphatic rings. The van der Waals surface area contributed by atoms with E-state index >= 15 is 0 Å². The topological polar surface area (TPSA) is 52.7 Å². The fraction of sp³-hybridized carbons (Fsp3) is 0.458. The number of carbonyl (C=O) groups excluding carboxylic acids is 2. The van der Waals surface area contributed by atoms with E-state index in [4.69, 9.17) is 12.2 Å². The van der Waals surface area contributed by atoms with Crippen molar-refractivity contribution in [3.63, 3.8) is 0 Å². The molecule has 1 aromatic carbocycles. The van der Waals surface area contributed by atoms with Gasteiger partial charge in [-0.05, 0) is 94.1 Å². The second-order valence-electron chi connectivity index (χ2n) is 9.17. The molecule has 1 atom stereocenters. The maximum atomic E-state index is 12.9. The predicted molar refractivity (Wildman–Crippen MR) is 127 cm³/mol. The van der Waals surface area contributed by atoms with E-state index < -0.39 is 11.8 Å². The van der Waals surface area contributed by atoms with Gasteiger partial charge in [-0.2, -0.15) is 0 Å². The molecule has 5 nitrogen and oxygen atoms in total. The molecule has 6 heteroatoms. The van der Waals surface area contributed by atoms with Crippen LogP contribution >= 0.6 is 12.2 Å². The van der Waals surface area contributed by atoms with Crippen molar-refractivity contribution in [3.05, 3.63) is 47.1 Å². The van der Waals surface area contributed by atoms with Gasteiger partial charge in [-0.1, -0.05) is 13.0 Å². The summed E-state index contributed by atoms with van der Waals surface area (Å²) >= 11 is 5.14. The van der Waals surface area contributed by atoms with Gasteiger partial charge in [-0.3, -0.25) is 19.8 Å². The van der Waals surface area contributed by atoms with E-state index in [0.29, 0.717) is 12.0 Å². The molecule has 2 amide bonds. The second kappa shape index (κ2) is 7.99. The summed E-state index contributed by atoms with van der Waals surface area (Å²) in [5, 5.41) is 2.73. The Morgan fingerprint density at radius 2 is 2.00 bits per heavy atom. The molecule has 30 heavy (non-hydrogen) atoms. The van der Waals surface area contributed by atoms with Gasteiger partial charge in [0.1, 0.15) is 5.57 Å². The van der Waals surface area contributed by atoms with Crippen LogP contribution in [0.15, 0.2) is 30.4 Å². The highest BCUT2D eigenvalue weighted by Crippen LogP contribution is 2.45. The van der Waals surface area contributed by atoms with Crippen molar-refractivity contribution < 1.29 is 9.59 Å². The van der Waals surface area contributed by atoms with Crippen LogP contribution in [0.4, 0.5) is 5.69 Å². The van der Waals surface area contributed by atoms with Crippen molar-refractivity contribution in [2.75, 3.05) is 11.4 Å². The van der Waals surface area contributed by atoms with Crippen LogP contribution in [0.2, 0.25) is 0 Å². The Bertz CT molecular complexity index is 961. The second-order valence-corrected chi connectivity index (χ2v) is 9.56. The largest absolute Gasteiger partial charge is 0.364 e. The molecule has 1 fully saturated rings. The van der Waals surface area contributed by atoms with E-state index in [1.54, 1.807) is 12.2 Å². The number of aryl methyl sites for hydroxylation is 1. The third-order valence-corrected chi connectivity index (χ3v) is 6.30. The van der Waals surface area contributed by atoms with Crippen LogP contribution in [0.3, 0.4) is 0 Å². The van der Waals surface area contributed by atoms with Gasteiger partial charge in [0.15, 0.2) is 5.11 Å². The molecule has 1 saturated heterocycles. The first-order valence-electron chi connectivity index (χ1n) is 10.4. The lowest BCUT2D eigenvalue weighted by Gasteiger charge is -2.50. The lowest BCUT2D eigenvalue weighted by Crippen LogP contribution is -2.53. The maximum Gasteiger partial charge on any atom is 0.265 e. The normalized spacial score (nSPS) is 22.4. The van der Waals surface area contributed by atoms with Gasteiger partial charge >= 0.3 is 0 Å². The molecule has 0 aromatic heterocycles. The van der Waals surface area contributed by atoms with Crippen LogP contribution in [0.5, 0.6) is 0 Å². The predicted octanol–water partition coefficient (Wildman–Crippen LogP) is 4.31. The summed E-state index contributed by atoms with van der Waals surface area (Å²) in [6.45, 7) is 17.2. The lowest BCUT2D eigenvalue weighted by molar-refractivity contribution is -0.128.